The summed E-state index contributed by atoms with van der Waals surface area (Å²) in [5.41, 5.74) is 0. The van der Waals surface area contributed by atoms with Crippen LogP contribution in [-0.4, -0.2) is 18.9 Å². The second kappa shape index (κ2) is 2.94. The molecule has 1 aliphatic heterocycles. The van der Waals surface area contributed by atoms with E-state index in [0.717, 1.165) is 44.2 Å². The highest BCUT2D eigenvalue weighted by Crippen LogP contribution is 2.31. The first-order valence-electron chi connectivity index (χ1n) is 4.58. The van der Waals surface area contributed by atoms with Gasteiger partial charge in [-0.2, -0.15) is 0 Å². The Kier molecular flexibility index (Phi) is 1.95. The highest BCUT2D eigenvalue weighted by molar-refractivity contribution is 5.79. The van der Waals surface area contributed by atoms with Crippen molar-refractivity contribution in [3.05, 3.63) is 0 Å². The van der Waals surface area contributed by atoms with Gasteiger partial charge in [0.1, 0.15) is 5.78 Å². The molecular weight excluding hydrogens is 138 g/mol. The van der Waals surface area contributed by atoms with Crippen LogP contribution < -0.4 is 5.32 Å². The number of Topliss-reactive ketones (excluding diaryl/α,β-unsaturated/α-hetero) is 1. The molecule has 2 heteroatoms. The molecule has 11 heavy (non-hydrogen) atoms. The predicted molar refractivity (Wildman–Crippen MR) is 43.3 cm³/mol. The van der Waals surface area contributed by atoms with E-state index in [-0.39, 0.29) is 0 Å². The maximum absolute atomic E-state index is 11.1. The molecule has 2 rings (SSSR count). The van der Waals surface area contributed by atoms with Crippen LogP contribution in [0.5, 0.6) is 0 Å². The fraction of sp³-hybridized carbons (Fsp3) is 0.889. The summed E-state index contributed by atoms with van der Waals surface area (Å²) in [7, 11) is 0. The third-order valence-electron chi connectivity index (χ3n) is 3.05. The van der Waals surface area contributed by atoms with E-state index in [9.17, 15) is 4.79 Å². The van der Waals surface area contributed by atoms with Gasteiger partial charge in [0, 0.05) is 12.8 Å². The van der Waals surface area contributed by atoms with Gasteiger partial charge in [0.25, 0.3) is 0 Å². The summed E-state index contributed by atoms with van der Waals surface area (Å²) in [6, 6.07) is 0. The first-order chi connectivity index (χ1) is 5.36. The fourth-order valence-electron chi connectivity index (χ4n) is 2.32. The topological polar surface area (TPSA) is 29.1 Å². The van der Waals surface area contributed by atoms with Crippen LogP contribution in [0.2, 0.25) is 0 Å². The number of rotatable bonds is 0. The Morgan fingerprint density at radius 2 is 2.18 bits per heavy atom. The summed E-state index contributed by atoms with van der Waals surface area (Å²) in [6.07, 6.45) is 4.06. The minimum Gasteiger partial charge on any atom is -0.316 e. The molecule has 0 aromatic heterocycles. The summed E-state index contributed by atoms with van der Waals surface area (Å²) < 4.78 is 0. The molecule has 0 spiro atoms. The molecule has 0 aromatic carbocycles. The third-order valence-corrected chi connectivity index (χ3v) is 3.05. The highest BCUT2D eigenvalue weighted by Gasteiger charge is 2.30. The Morgan fingerprint density at radius 3 is 3.09 bits per heavy atom. The van der Waals surface area contributed by atoms with E-state index in [1.807, 2.05) is 0 Å². The van der Waals surface area contributed by atoms with Gasteiger partial charge in [0.15, 0.2) is 0 Å². The zero-order valence-corrected chi connectivity index (χ0v) is 6.81. The monoisotopic (exact) mass is 153 g/mol. The number of carbonyl (C=O) groups is 1. The maximum atomic E-state index is 11.1. The molecule has 1 aliphatic carbocycles. The molecule has 2 aliphatic rings. The first-order valence-corrected chi connectivity index (χ1v) is 4.58. The predicted octanol–water partition coefficient (Wildman–Crippen LogP) is 0.965. The Balaban J connectivity index is 1.98. The van der Waals surface area contributed by atoms with E-state index in [4.69, 9.17) is 0 Å². The summed E-state index contributed by atoms with van der Waals surface area (Å²) in [6.45, 7) is 2.27. The average Bonchev–Trinajstić information content (AvgIpc) is 2.04. The van der Waals surface area contributed by atoms with Gasteiger partial charge in [0.05, 0.1) is 0 Å². The molecule has 1 saturated carbocycles. The molecule has 0 aromatic rings. The molecule has 1 heterocycles. The van der Waals surface area contributed by atoms with Gasteiger partial charge in [-0.25, -0.2) is 0 Å². The van der Waals surface area contributed by atoms with Gasteiger partial charge < -0.3 is 5.32 Å². The smallest absolute Gasteiger partial charge is 0.133 e. The van der Waals surface area contributed by atoms with Crippen LogP contribution >= 0.6 is 0 Å². The molecular formula is C9H15NO. The Labute approximate surface area is 67.4 Å². The fourth-order valence-corrected chi connectivity index (χ4v) is 2.32. The molecule has 2 fully saturated rings. The van der Waals surface area contributed by atoms with Crippen molar-refractivity contribution in [2.45, 2.75) is 25.7 Å². The Bertz CT molecular complexity index is 167. The number of hydrogen-bond acceptors (Lipinski definition) is 2. The number of hydrogen-bond donors (Lipinski definition) is 1. The highest BCUT2D eigenvalue weighted by atomic mass is 16.1. The molecule has 0 bridgehead atoms. The molecule has 2 atom stereocenters. The number of fused-ring (bicyclic) bond motifs is 1. The third kappa shape index (κ3) is 1.45. The average molecular weight is 153 g/mol. The SMILES string of the molecule is O=C1CC[C@H]2CNCCC2C1. The van der Waals surface area contributed by atoms with E-state index in [0.29, 0.717) is 5.78 Å². The van der Waals surface area contributed by atoms with Crippen LogP contribution in [0, 0.1) is 11.8 Å². The van der Waals surface area contributed by atoms with Crippen molar-refractivity contribution < 1.29 is 4.79 Å². The van der Waals surface area contributed by atoms with Gasteiger partial charge in [-0.05, 0) is 37.8 Å². The van der Waals surface area contributed by atoms with Gasteiger partial charge >= 0.3 is 0 Å². The molecule has 0 radical (unpaired) electrons. The first kappa shape index (κ1) is 7.29. The van der Waals surface area contributed by atoms with E-state index in [1.54, 1.807) is 0 Å². The molecule has 1 saturated heterocycles. The number of nitrogens with one attached hydrogen (secondary N) is 1. The van der Waals surface area contributed by atoms with Crippen LogP contribution in [0.15, 0.2) is 0 Å². The van der Waals surface area contributed by atoms with E-state index in [2.05, 4.69) is 5.32 Å². The van der Waals surface area contributed by atoms with Gasteiger partial charge in [0.2, 0.25) is 0 Å². The lowest BCUT2D eigenvalue weighted by atomic mass is 9.75. The number of piperidine rings is 1. The summed E-state index contributed by atoms with van der Waals surface area (Å²) in [5.74, 6) is 2.02. The lowest BCUT2D eigenvalue weighted by Gasteiger charge is -2.35. The molecule has 62 valence electrons. The van der Waals surface area contributed by atoms with E-state index < -0.39 is 0 Å². The van der Waals surface area contributed by atoms with Crippen molar-refractivity contribution in [3.63, 3.8) is 0 Å². The minimum atomic E-state index is 0.494. The summed E-state index contributed by atoms with van der Waals surface area (Å²) >= 11 is 0. The van der Waals surface area contributed by atoms with Crippen molar-refractivity contribution in [1.82, 2.24) is 5.32 Å². The lowest BCUT2D eigenvalue weighted by molar-refractivity contribution is -0.123. The molecule has 2 nitrogen and oxygen atoms in total. The summed E-state index contributed by atoms with van der Waals surface area (Å²) in [4.78, 5) is 11.1. The van der Waals surface area contributed by atoms with Gasteiger partial charge in [-0.15, -0.1) is 0 Å². The summed E-state index contributed by atoms with van der Waals surface area (Å²) in [5, 5.41) is 3.39. The zero-order valence-electron chi connectivity index (χ0n) is 6.81. The van der Waals surface area contributed by atoms with Crippen LogP contribution in [-0.2, 0) is 4.79 Å². The number of carbonyl (C=O) groups excluding carboxylic acids is 1. The second-order valence-electron chi connectivity index (χ2n) is 3.79. The second-order valence-corrected chi connectivity index (χ2v) is 3.79. The molecule has 0 amide bonds. The van der Waals surface area contributed by atoms with Gasteiger partial charge in [-0.3, -0.25) is 4.79 Å². The van der Waals surface area contributed by atoms with Crippen LogP contribution in [0.3, 0.4) is 0 Å². The van der Waals surface area contributed by atoms with Crippen molar-refractivity contribution in [2.24, 2.45) is 11.8 Å². The van der Waals surface area contributed by atoms with E-state index in [1.165, 1.54) is 6.42 Å². The standard InChI is InChI=1S/C9H15NO/c11-9-2-1-8-6-10-4-3-7(8)5-9/h7-8,10H,1-6H2/t7?,8-/m0/s1. The van der Waals surface area contributed by atoms with E-state index >= 15 is 0 Å². The largest absolute Gasteiger partial charge is 0.316 e. The lowest BCUT2D eigenvalue weighted by Crippen LogP contribution is -2.40. The molecule has 1 N–H and O–H groups in total. The molecule has 1 unspecified atom stereocenters. The normalized spacial score (nSPS) is 38.4. The van der Waals surface area contributed by atoms with Crippen LogP contribution in [0.4, 0.5) is 0 Å². The van der Waals surface area contributed by atoms with Crippen molar-refractivity contribution in [3.8, 4) is 0 Å². The van der Waals surface area contributed by atoms with Crippen molar-refractivity contribution in [2.75, 3.05) is 13.1 Å². The van der Waals surface area contributed by atoms with Crippen molar-refractivity contribution >= 4 is 5.78 Å². The number of ketones is 1. The van der Waals surface area contributed by atoms with Crippen molar-refractivity contribution in [1.29, 1.82) is 0 Å². The van der Waals surface area contributed by atoms with Crippen LogP contribution in [0.25, 0.3) is 0 Å². The maximum Gasteiger partial charge on any atom is 0.133 e. The van der Waals surface area contributed by atoms with Gasteiger partial charge in [-0.1, -0.05) is 0 Å². The zero-order chi connectivity index (χ0) is 7.68. The quantitative estimate of drug-likeness (QED) is 0.561. The minimum absolute atomic E-state index is 0.494. The van der Waals surface area contributed by atoms with Crippen LogP contribution in [0.1, 0.15) is 25.7 Å². The Hall–Kier alpha value is -0.370. The Morgan fingerprint density at radius 1 is 1.27 bits per heavy atom.